The van der Waals surface area contributed by atoms with Gasteiger partial charge in [-0.1, -0.05) is 0 Å². The van der Waals surface area contributed by atoms with Crippen LogP contribution in [-0.2, 0) is 26.2 Å². The van der Waals surface area contributed by atoms with E-state index in [-0.39, 0.29) is 44.9 Å². The van der Waals surface area contributed by atoms with Gasteiger partial charge in [0, 0.05) is 26.2 Å². The zero-order valence-electron chi connectivity index (χ0n) is 3.31. The Balaban J connectivity index is -0.0000000450. The molecular formula is C2H8O3Zr. The Bertz CT molecular complexity index is 10.8. The average molecular weight is 171 g/mol. The molecule has 0 aliphatic heterocycles. The Morgan fingerprint density at radius 2 is 1.17 bits per heavy atom. The van der Waals surface area contributed by atoms with Gasteiger partial charge in [-0.2, -0.15) is 0 Å². The van der Waals surface area contributed by atoms with Gasteiger partial charge in [0.25, 0.3) is 0 Å². The summed E-state index contributed by atoms with van der Waals surface area (Å²) in [7, 11) is 0. The van der Waals surface area contributed by atoms with E-state index in [2.05, 4.69) is 0 Å². The zero-order valence-corrected chi connectivity index (χ0v) is 5.77. The van der Waals surface area contributed by atoms with E-state index in [1.54, 1.807) is 0 Å². The average Bonchev–Trinajstić information content (AvgIpc) is 1.37. The molecular weight excluding hydrogens is 163 g/mol. The topological polar surface area (TPSA) is 72.0 Å². The van der Waals surface area contributed by atoms with Crippen LogP contribution in [0.5, 0.6) is 0 Å². The minimum Gasteiger partial charge on any atom is -0.412 e. The SMILES string of the molecule is O.OCCO.[Zr]. The Morgan fingerprint density at radius 3 is 1.17 bits per heavy atom. The molecule has 6 heavy (non-hydrogen) atoms. The number of hydrogen-bond donors (Lipinski definition) is 2. The maximum absolute atomic E-state index is 7.62. The molecule has 0 amide bonds. The summed E-state index contributed by atoms with van der Waals surface area (Å²) in [6.45, 7) is -0.250. The molecule has 0 spiro atoms. The van der Waals surface area contributed by atoms with Crippen LogP contribution in [0.3, 0.4) is 0 Å². The molecule has 0 unspecified atom stereocenters. The van der Waals surface area contributed by atoms with Gasteiger partial charge >= 0.3 is 0 Å². The van der Waals surface area contributed by atoms with Crippen molar-refractivity contribution >= 4 is 0 Å². The van der Waals surface area contributed by atoms with Crippen LogP contribution in [-0.4, -0.2) is 28.9 Å². The van der Waals surface area contributed by atoms with Crippen LogP contribution in [0.15, 0.2) is 0 Å². The smallest absolute Gasteiger partial charge is 0.0662 e. The van der Waals surface area contributed by atoms with Crippen molar-refractivity contribution in [2.45, 2.75) is 0 Å². The molecule has 0 saturated carbocycles. The van der Waals surface area contributed by atoms with Crippen molar-refractivity contribution in [3.63, 3.8) is 0 Å². The van der Waals surface area contributed by atoms with Crippen LogP contribution in [0.4, 0.5) is 0 Å². The summed E-state index contributed by atoms with van der Waals surface area (Å²) in [5, 5.41) is 15.2. The van der Waals surface area contributed by atoms with E-state index >= 15 is 0 Å². The Kier molecular flexibility index (Phi) is 45.3. The molecule has 0 heterocycles. The van der Waals surface area contributed by atoms with Gasteiger partial charge in [-0.05, 0) is 0 Å². The first-order valence-electron chi connectivity index (χ1n) is 1.13. The number of aliphatic hydroxyl groups is 2. The van der Waals surface area contributed by atoms with Crippen molar-refractivity contribution in [3.8, 4) is 0 Å². The summed E-state index contributed by atoms with van der Waals surface area (Å²) >= 11 is 0. The van der Waals surface area contributed by atoms with E-state index in [9.17, 15) is 0 Å². The standard InChI is InChI=1S/C2H6O2.H2O.Zr/c3-1-2-4;;/h3-4H,1-2H2;1H2;. The minimum atomic E-state index is -0.125. The molecule has 0 atom stereocenters. The molecule has 4 heteroatoms. The molecule has 0 aromatic carbocycles. The van der Waals surface area contributed by atoms with Gasteiger partial charge in [0.2, 0.25) is 0 Å². The van der Waals surface area contributed by atoms with Crippen molar-refractivity contribution in [3.05, 3.63) is 0 Å². The van der Waals surface area contributed by atoms with Crippen LogP contribution in [0.2, 0.25) is 0 Å². The van der Waals surface area contributed by atoms with E-state index in [0.717, 1.165) is 0 Å². The summed E-state index contributed by atoms with van der Waals surface area (Å²) < 4.78 is 0. The predicted octanol–water partition coefficient (Wildman–Crippen LogP) is -1.86. The fraction of sp³-hybridized carbons (Fsp3) is 1.00. The third kappa shape index (κ3) is 21.7. The second-order valence-corrected chi connectivity index (χ2v) is 0.447. The van der Waals surface area contributed by atoms with E-state index in [4.69, 9.17) is 10.2 Å². The molecule has 0 fully saturated rings. The number of hydrogen-bond acceptors (Lipinski definition) is 2. The number of rotatable bonds is 1. The van der Waals surface area contributed by atoms with Gasteiger partial charge in [-0.25, -0.2) is 0 Å². The van der Waals surface area contributed by atoms with Crippen molar-refractivity contribution in [2.24, 2.45) is 0 Å². The summed E-state index contributed by atoms with van der Waals surface area (Å²) in [5.74, 6) is 0. The Labute approximate surface area is 55.4 Å². The largest absolute Gasteiger partial charge is 0.412 e. The van der Waals surface area contributed by atoms with Gasteiger partial charge < -0.3 is 15.7 Å². The number of aliphatic hydroxyl groups excluding tert-OH is 2. The predicted molar refractivity (Wildman–Crippen MR) is 17.8 cm³/mol. The van der Waals surface area contributed by atoms with Gasteiger partial charge in [0.05, 0.1) is 13.2 Å². The molecule has 0 aliphatic rings. The van der Waals surface area contributed by atoms with Crippen molar-refractivity contribution < 1.29 is 41.9 Å². The monoisotopic (exact) mass is 170 g/mol. The van der Waals surface area contributed by atoms with Gasteiger partial charge in [0.1, 0.15) is 0 Å². The molecule has 0 bridgehead atoms. The van der Waals surface area contributed by atoms with Gasteiger partial charge in [-0.3, -0.25) is 0 Å². The van der Waals surface area contributed by atoms with Crippen molar-refractivity contribution in [2.75, 3.05) is 13.2 Å². The van der Waals surface area contributed by atoms with E-state index in [1.165, 1.54) is 0 Å². The molecule has 0 aromatic heterocycles. The summed E-state index contributed by atoms with van der Waals surface area (Å²) in [6.07, 6.45) is 0. The second kappa shape index (κ2) is 17.1. The van der Waals surface area contributed by atoms with Crippen LogP contribution in [0.25, 0.3) is 0 Å². The first-order valence-corrected chi connectivity index (χ1v) is 1.13. The van der Waals surface area contributed by atoms with Crippen LogP contribution >= 0.6 is 0 Å². The molecule has 0 radical (unpaired) electrons. The van der Waals surface area contributed by atoms with Gasteiger partial charge in [0.15, 0.2) is 0 Å². The van der Waals surface area contributed by atoms with Crippen LogP contribution < -0.4 is 0 Å². The molecule has 0 rings (SSSR count). The molecule has 3 nitrogen and oxygen atoms in total. The van der Waals surface area contributed by atoms with Gasteiger partial charge in [-0.15, -0.1) is 0 Å². The molecule has 0 aliphatic carbocycles. The fourth-order valence-corrected chi connectivity index (χ4v) is 0. The third-order valence-corrected chi connectivity index (χ3v) is 0.1000. The molecule has 4 N–H and O–H groups in total. The van der Waals surface area contributed by atoms with Crippen molar-refractivity contribution in [1.82, 2.24) is 0 Å². The molecule has 0 saturated heterocycles. The Hall–Kier alpha value is 0.763. The Morgan fingerprint density at radius 1 is 1.00 bits per heavy atom. The first kappa shape index (κ1) is 15.9. The van der Waals surface area contributed by atoms with Crippen LogP contribution in [0, 0.1) is 0 Å². The summed E-state index contributed by atoms with van der Waals surface area (Å²) in [6, 6.07) is 0. The van der Waals surface area contributed by atoms with E-state index in [1.807, 2.05) is 0 Å². The van der Waals surface area contributed by atoms with E-state index in [0.29, 0.717) is 0 Å². The maximum atomic E-state index is 7.62. The molecule has 38 valence electrons. The summed E-state index contributed by atoms with van der Waals surface area (Å²) in [4.78, 5) is 0. The maximum Gasteiger partial charge on any atom is 0.0662 e. The van der Waals surface area contributed by atoms with Crippen molar-refractivity contribution in [1.29, 1.82) is 0 Å². The van der Waals surface area contributed by atoms with Crippen LogP contribution in [0.1, 0.15) is 0 Å². The quantitative estimate of drug-likeness (QED) is 0.486. The second-order valence-electron chi connectivity index (χ2n) is 0.447. The zero-order chi connectivity index (χ0) is 3.41. The molecule has 0 aromatic rings. The van der Waals surface area contributed by atoms with E-state index < -0.39 is 0 Å². The summed E-state index contributed by atoms with van der Waals surface area (Å²) in [5.41, 5.74) is 0. The fourth-order valence-electron chi connectivity index (χ4n) is 0. The first-order chi connectivity index (χ1) is 1.91. The third-order valence-electron chi connectivity index (χ3n) is 0.1000. The minimum absolute atomic E-state index is 0. The normalized spacial score (nSPS) is 5.00.